The van der Waals surface area contributed by atoms with Gasteiger partial charge in [-0.2, -0.15) is 0 Å². The van der Waals surface area contributed by atoms with Gasteiger partial charge in [0, 0.05) is 20.8 Å². The third kappa shape index (κ3) is 4.00. The van der Waals surface area contributed by atoms with Crippen LogP contribution in [0.3, 0.4) is 0 Å². The molecular formula is C15H14ClNOS. The van der Waals surface area contributed by atoms with Crippen LogP contribution >= 0.6 is 22.9 Å². The molecular weight excluding hydrogens is 278 g/mol. The van der Waals surface area contributed by atoms with Crippen LogP contribution in [0.5, 0.6) is 5.75 Å². The Kier molecular flexibility index (Phi) is 4.86. The van der Waals surface area contributed by atoms with Gasteiger partial charge >= 0.3 is 0 Å². The Morgan fingerprint density at radius 2 is 2.21 bits per heavy atom. The molecule has 0 fully saturated rings. The van der Waals surface area contributed by atoms with Gasteiger partial charge in [-0.25, -0.2) is 0 Å². The highest BCUT2D eigenvalue weighted by Gasteiger charge is 2.03. The van der Waals surface area contributed by atoms with Crippen molar-refractivity contribution in [3.8, 4) is 17.6 Å². The molecule has 1 aromatic heterocycles. The predicted octanol–water partition coefficient (Wildman–Crippen LogP) is 3.60. The Balaban J connectivity index is 2.02. The monoisotopic (exact) mass is 291 g/mol. The number of benzene rings is 1. The molecule has 2 nitrogen and oxygen atoms in total. The third-order valence-corrected chi connectivity index (χ3v) is 3.65. The van der Waals surface area contributed by atoms with Gasteiger partial charge in [0.25, 0.3) is 0 Å². The van der Waals surface area contributed by atoms with E-state index in [1.54, 1.807) is 11.3 Å². The average Bonchev–Trinajstić information content (AvgIpc) is 2.85. The Hall–Kier alpha value is -1.47. The molecule has 1 aromatic carbocycles. The largest absolute Gasteiger partial charge is 0.488 e. The summed E-state index contributed by atoms with van der Waals surface area (Å²) in [6, 6.07) is 7.66. The predicted molar refractivity (Wildman–Crippen MR) is 80.8 cm³/mol. The van der Waals surface area contributed by atoms with Crippen LogP contribution in [0, 0.1) is 18.8 Å². The van der Waals surface area contributed by atoms with Crippen molar-refractivity contribution in [2.24, 2.45) is 5.73 Å². The van der Waals surface area contributed by atoms with Gasteiger partial charge in [-0.15, -0.1) is 11.3 Å². The molecule has 1 heterocycles. The Morgan fingerprint density at radius 1 is 1.37 bits per heavy atom. The molecule has 0 aliphatic carbocycles. The van der Waals surface area contributed by atoms with Crippen molar-refractivity contribution in [3.05, 3.63) is 50.7 Å². The van der Waals surface area contributed by atoms with Gasteiger partial charge in [-0.1, -0.05) is 29.5 Å². The molecule has 0 bridgehead atoms. The second-order valence-electron chi connectivity index (χ2n) is 4.01. The van der Waals surface area contributed by atoms with E-state index >= 15 is 0 Å². The molecule has 0 aliphatic heterocycles. The standard InChI is InChI=1S/C15H14ClNOS/c1-11-4-5-13(16)8-15(11)18-9-14-7-12(10-19-14)3-2-6-17/h4-5,7-8,10H,6,9,17H2,1H3. The van der Waals surface area contributed by atoms with E-state index in [-0.39, 0.29) is 0 Å². The van der Waals surface area contributed by atoms with Gasteiger partial charge < -0.3 is 10.5 Å². The molecule has 2 rings (SSSR count). The normalized spacial score (nSPS) is 9.84. The second kappa shape index (κ2) is 6.63. The minimum Gasteiger partial charge on any atom is -0.488 e. The molecule has 0 unspecified atom stereocenters. The first-order valence-corrected chi connectivity index (χ1v) is 7.10. The lowest BCUT2D eigenvalue weighted by Crippen LogP contribution is -1.95. The Labute approximate surface area is 122 Å². The first kappa shape index (κ1) is 14.0. The summed E-state index contributed by atoms with van der Waals surface area (Å²) >= 11 is 7.58. The quantitative estimate of drug-likeness (QED) is 0.877. The second-order valence-corrected chi connectivity index (χ2v) is 5.44. The molecule has 0 saturated heterocycles. The van der Waals surface area contributed by atoms with Crippen LogP contribution < -0.4 is 10.5 Å². The Bertz CT molecular complexity index is 625. The van der Waals surface area contributed by atoms with Crippen LogP contribution in [0.15, 0.2) is 29.6 Å². The zero-order valence-corrected chi connectivity index (χ0v) is 12.1. The molecule has 0 radical (unpaired) electrons. The lowest BCUT2D eigenvalue weighted by Gasteiger charge is -2.08. The van der Waals surface area contributed by atoms with Crippen molar-refractivity contribution >= 4 is 22.9 Å². The fourth-order valence-corrected chi connectivity index (χ4v) is 2.44. The number of ether oxygens (including phenoxy) is 1. The number of hydrogen-bond acceptors (Lipinski definition) is 3. The number of rotatable bonds is 3. The van der Waals surface area contributed by atoms with Gasteiger partial charge in [-0.3, -0.25) is 0 Å². The Morgan fingerprint density at radius 3 is 3.00 bits per heavy atom. The summed E-state index contributed by atoms with van der Waals surface area (Å²) in [5.74, 6) is 6.65. The van der Waals surface area contributed by atoms with Crippen molar-refractivity contribution in [1.82, 2.24) is 0 Å². The smallest absolute Gasteiger partial charge is 0.124 e. The van der Waals surface area contributed by atoms with Gasteiger partial charge in [0.15, 0.2) is 0 Å². The minimum absolute atomic E-state index is 0.378. The molecule has 0 spiro atoms. The maximum absolute atomic E-state index is 5.95. The minimum atomic E-state index is 0.378. The van der Waals surface area contributed by atoms with E-state index in [0.717, 1.165) is 21.8 Å². The van der Waals surface area contributed by atoms with E-state index in [9.17, 15) is 0 Å². The molecule has 0 amide bonds. The highest BCUT2D eigenvalue weighted by Crippen LogP contribution is 2.24. The van der Waals surface area contributed by atoms with Crippen molar-refractivity contribution in [2.45, 2.75) is 13.5 Å². The van der Waals surface area contributed by atoms with Gasteiger partial charge in [0.05, 0.1) is 6.54 Å². The topological polar surface area (TPSA) is 35.2 Å². The van der Waals surface area contributed by atoms with Crippen LogP contribution in [-0.4, -0.2) is 6.54 Å². The van der Waals surface area contributed by atoms with Crippen LogP contribution in [0.25, 0.3) is 0 Å². The summed E-state index contributed by atoms with van der Waals surface area (Å²) in [7, 11) is 0. The molecule has 0 aliphatic rings. The van der Waals surface area contributed by atoms with Gasteiger partial charge in [0.1, 0.15) is 12.4 Å². The highest BCUT2D eigenvalue weighted by molar-refractivity contribution is 7.10. The highest BCUT2D eigenvalue weighted by atomic mass is 35.5. The fraction of sp³-hybridized carbons (Fsp3) is 0.200. The lowest BCUT2D eigenvalue weighted by molar-refractivity contribution is 0.307. The maximum atomic E-state index is 5.95. The summed E-state index contributed by atoms with van der Waals surface area (Å²) in [6.07, 6.45) is 0. The fourth-order valence-electron chi connectivity index (χ4n) is 1.55. The number of hydrogen-bond donors (Lipinski definition) is 1. The first-order chi connectivity index (χ1) is 9.19. The van der Waals surface area contributed by atoms with Crippen LogP contribution in [0.2, 0.25) is 5.02 Å². The molecule has 2 N–H and O–H groups in total. The van der Waals surface area contributed by atoms with Crippen LogP contribution in [-0.2, 0) is 6.61 Å². The van der Waals surface area contributed by atoms with Crippen LogP contribution in [0.4, 0.5) is 0 Å². The van der Waals surface area contributed by atoms with Gasteiger partial charge in [0.2, 0.25) is 0 Å². The SMILES string of the molecule is Cc1ccc(Cl)cc1OCc1cc(C#CCN)cs1. The van der Waals surface area contributed by atoms with Crippen molar-refractivity contribution in [1.29, 1.82) is 0 Å². The summed E-state index contributed by atoms with van der Waals surface area (Å²) in [6.45, 7) is 2.90. The maximum Gasteiger partial charge on any atom is 0.124 e. The molecule has 2 aromatic rings. The van der Waals surface area contributed by atoms with E-state index in [0.29, 0.717) is 18.2 Å². The average molecular weight is 292 g/mol. The third-order valence-electron chi connectivity index (χ3n) is 2.51. The van der Waals surface area contributed by atoms with E-state index < -0.39 is 0 Å². The van der Waals surface area contributed by atoms with E-state index in [4.69, 9.17) is 22.1 Å². The van der Waals surface area contributed by atoms with E-state index in [2.05, 4.69) is 11.8 Å². The summed E-state index contributed by atoms with van der Waals surface area (Å²) in [5.41, 5.74) is 7.40. The number of thiophene rings is 1. The summed E-state index contributed by atoms with van der Waals surface area (Å²) < 4.78 is 5.77. The molecule has 0 saturated carbocycles. The number of aryl methyl sites for hydroxylation is 1. The zero-order valence-electron chi connectivity index (χ0n) is 10.6. The summed E-state index contributed by atoms with van der Waals surface area (Å²) in [5, 5.41) is 2.69. The molecule has 4 heteroatoms. The van der Waals surface area contributed by atoms with Crippen molar-refractivity contribution in [2.75, 3.05) is 6.54 Å². The molecule has 19 heavy (non-hydrogen) atoms. The van der Waals surface area contributed by atoms with Crippen molar-refractivity contribution < 1.29 is 4.74 Å². The number of nitrogens with two attached hydrogens (primary N) is 1. The molecule has 98 valence electrons. The summed E-state index contributed by atoms with van der Waals surface area (Å²) in [4.78, 5) is 1.13. The lowest BCUT2D eigenvalue weighted by atomic mass is 10.2. The number of halogens is 1. The zero-order chi connectivity index (χ0) is 13.7. The van der Waals surface area contributed by atoms with Crippen LogP contribution in [0.1, 0.15) is 16.0 Å². The van der Waals surface area contributed by atoms with E-state index in [1.807, 2.05) is 36.6 Å². The van der Waals surface area contributed by atoms with E-state index in [1.165, 1.54) is 0 Å². The van der Waals surface area contributed by atoms with Crippen molar-refractivity contribution in [3.63, 3.8) is 0 Å². The van der Waals surface area contributed by atoms with Gasteiger partial charge in [-0.05, 0) is 30.7 Å². The molecule has 0 atom stereocenters. The first-order valence-electron chi connectivity index (χ1n) is 5.84.